The molecule has 49 heavy (non-hydrogen) atoms. The summed E-state index contributed by atoms with van der Waals surface area (Å²) in [6, 6.07) is 7.34. The van der Waals surface area contributed by atoms with Gasteiger partial charge in [-0.25, -0.2) is 4.39 Å². The van der Waals surface area contributed by atoms with E-state index in [9.17, 15) is 14.4 Å². The van der Waals surface area contributed by atoms with E-state index in [1.165, 1.54) is 25.0 Å². The van der Waals surface area contributed by atoms with Gasteiger partial charge in [-0.1, -0.05) is 44.4 Å². The third-order valence-corrected chi connectivity index (χ3v) is 13.4. The van der Waals surface area contributed by atoms with E-state index >= 15 is 4.79 Å². The van der Waals surface area contributed by atoms with Gasteiger partial charge in [0.1, 0.15) is 5.82 Å². The molecule has 7 rings (SSSR count). The number of nitriles is 1. The van der Waals surface area contributed by atoms with Crippen molar-refractivity contribution in [1.29, 1.82) is 5.26 Å². The van der Waals surface area contributed by atoms with Crippen LogP contribution in [0.1, 0.15) is 88.2 Å². The van der Waals surface area contributed by atoms with Crippen LogP contribution in [0, 0.1) is 34.4 Å². The molecule has 2 saturated carbocycles. The van der Waals surface area contributed by atoms with Crippen molar-refractivity contribution < 1.29 is 18.7 Å². The Hall–Kier alpha value is -2.68. The molecule has 0 radical (unpaired) electrons. The van der Waals surface area contributed by atoms with E-state index in [1.807, 2.05) is 11.0 Å². The smallest absolute Gasteiger partial charge is 0.246 e. The predicted octanol–water partition coefficient (Wildman–Crippen LogP) is 4.51. The summed E-state index contributed by atoms with van der Waals surface area (Å²) in [6.07, 6.45) is 13.7. The molecule has 0 aromatic heterocycles. The lowest BCUT2D eigenvalue weighted by molar-refractivity contribution is -0.189. The first-order valence-corrected chi connectivity index (χ1v) is 19.0. The number of carbonyl (C=O) groups is 2. The fourth-order valence-electron chi connectivity index (χ4n) is 10.8. The molecular formula is C39H55FN6O3. The summed E-state index contributed by atoms with van der Waals surface area (Å²) >= 11 is 0. The number of benzene rings is 1. The van der Waals surface area contributed by atoms with Crippen LogP contribution in [0.2, 0.25) is 0 Å². The van der Waals surface area contributed by atoms with Gasteiger partial charge >= 0.3 is 0 Å². The molecule has 5 fully saturated rings. The Bertz CT molecular complexity index is 1440. The molecule has 3 aliphatic heterocycles. The lowest BCUT2D eigenvalue weighted by Crippen LogP contribution is -2.83. The fraction of sp³-hybridized carbons (Fsp3) is 0.718. The maximum Gasteiger partial charge on any atom is 0.246 e. The van der Waals surface area contributed by atoms with Gasteiger partial charge in [0.25, 0.3) is 0 Å². The molecule has 3 saturated heterocycles. The molecule has 0 bridgehead atoms. The molecule has 1 aromatic carbocycles. The highest BCUT2D eigenvalue weighted by atomic mass is 19.1. The van der Waals surface area contributed by atoms with Gasteiger partial charge in [-0.05, 0) is 101 Å². The number of hydrogen-bond donors (Lipinski definition) is 2. The topological polar surface area (TPSA) is 101 Å². The number of hydrogen-bond acceptors (Lipinski definition) is 8. The number of ether oxygens (including phenoxy) is 1. The van der Waals surface area contributed by atoms with Crippen LogP contribution in [0.4, 0.5) is 4.39 Å². The number of fused-ring (bicyclic) bond motifs is 2. The van der Waals surface area contributed by atoms with E-state index in [4.69, 9.17) is 4.74 Å². The number of amides is 1. The summed E-state index contributed by atoms with van der Waals surface area (Å²) in [5, 5.41) is 17.7. The summed E-state index contributed by atoms with van der Waals surface area (Å²) in [7, 11) is 2.16. The third kappa shape index (κ3) is 6.40. The van der Waals surface area contributed by atoms with Crippen molar-refractivity contribution in [2.45, 2.75) is 120 Å². The molecule has 7 unspecified atom stereocenters. The first-order chi connectivity index (χ1) is 23.8. The Morgan fingerprint density at radius 2 is 1.92 bits per heavy atom. The van der Waals surface area contributed by atoms with Crippen molar-refractivity contribution in [2.75, 3.05) is 39.8 Å². The van der Waals surface area contributed by atoms with Crippen molar-refractivity contribution in [1.82, 2.24) is 25.3 Å². The van der Waals surface area contributed by atoms with Crippen LogP contribution in [0.5, 0.6) is 0 Å². The molecule has 266 valence electrons. The van der Waals surface area contributed by atoms with E-state index in [0.717, 1.165) is 69.0 Å². The molecule has 7 atom stereocenters. The Morgan fingerprint density at radius 3 is 2.65 bits per heavy atom. The molecule has 10 heteroatoms. The number of piperazine rings is 1. The van der Waals surface area contributed by atoms with Crippen molar-refractivity contribution in [3.63, 3.8) is 0 Å². The van der Waals surface area contributed by atoms with Crippen LogP contribution in [0.15, 0.2) is 30.9 Å². The maximum atomic E-state index is 15.2. The Morgan fingerprint density at radius 1 is 1.10 bits per heavy atom. The van der Waals surface area contributed by atoms with Crippen LogP contribution >= 0.6 is 0 Å². The van der Waals surface area contributed by atoms with Crippen LogP contribution < -0.4 is 10.6 Å². The van der Waals surface area contributed by atoms with Crippen molar-refractivity contribution >= 4 is 11.7 Å². The number of Topliss-reactive ketones (excluding diaryl/α,β-unsaturated/α-hetero) is 1. The summed E-state index contributed by atoms with van der Waals surface area (Å²) in [5.41, 5.74) is 0.670. The third-order valence-electron chi connectivity index (χ3n) is 13.4. The van der Waals surface area contributed by atoms with Crippen molar-refractivity contribution in [2.24, 2.45) is 17.3 Å². The van der Waals surface area contributed by atoms with Crippen molar-refractivity contribution in [3.05, 3.63) is 47.8 Å². The van der Waals surface area contributed by atoms with E-state index in [-0.39, 0.29) is 41.8 Å². The zero-order chi connectivity index (χ0) is 34.2. The predicted molar refractivity (Wildman–Crippen MR) is 185 cm³/mol. The van der Waals surface area contributed by atoms with Crippen LogP contribution in [0.25, 0.3) is 0 Å². The number of likely N-dealkylation sites (N-methyl/N-ethyl adjacent to an activating group) is 1. The standard InChI is InChI=1S/C39H55FN6O3/c1-3-34(47)46-23-22-45(25-29(46)17-20-41)39(28-11-6-4-5-7-12-28)32-16-19-38(18-15-31-27(24-38)10-8-14-33(31)40)36(48)35(32)42-37(43-39)49-26-30-13-9-21-44(30)2/h3,8,10,14,28-30,32,35,37,42-43H,1,4-7,9,11-13,15-19,21-26H2,2H3. The number of nitrogens with zero attached hydrogens (tertiary/aromatic N) is 4. The molecule has 1 aromatic rings. The summed E-state index contributed by atoms with van der Waals surface area (Å²) < 4.78 is 21.6. The Kier molecular flexibility index (Phi) is 10.3. The van der Waals surface area contributed by atoms with E-state index < -0.39 is 23.5 Å². The van der Waals surface area contributed by atoms with E-state index in [1.54, 1.807) is 6.07 Å². The highest BCUT2D eigenvalue weighted by molar-refractivity contribution is 5.92. The summed E-state index contributed by atoms with van der Waals surface area (Å²) in [6.45, 7) is 7.10. The monoisotopic (exact) mass is 674 g/mol. The van der Waals surface area contributed by atoms with Crippen LogP contribution in [-0.4, -0.2) is 96.4 Å². The van der Waals surface area contributed by atoms with E-state index in [2.05, 4.69) is 40.1 Å². The van der Waals surface area contributed by atoms with Gasteiger partial charge in [-0.3, -0.25) is 25.1 Å². The van der Waals surface area contributed by atoms with E-state index in [0.29, 0.717) is 51.5 Å². The van der Waals surface area contributed by atoms with Crippen LogP contribution in [-0.2, 0) is 27.2 Å². The Balaban J connectivity index is 1.27. The zero-order valence-corrected chi connectivity index (χ0v) is 29.3. The molecule has 6 aliphatic rings. The number of carbonyl (C=O) groups excluding carboxylic acids is 2. The molecule has 1 spiro atoms. The first kappa shape index (κ1) is 34.8. The SMILES string of the molecule is C=CC(=O)N1CCN(C2(C3CCCCCC3)NC(OCC3CCCN3C)NC3C(=O)C4(CCc5c(F)cccc5C4)CCC32)CC1CC#N. The molecular weight excluding hydrogens is 619 g/mol. The fourth-order valence-corrected chi connectivity index (χ4v) is 10.8. The van der Waals surface area contributed by atoms with Crippen LogP contribution in [0.3, 0.4) is 0 Å². The Labute approximate surface area is 291 Å². The highest BCUT2D eigenvalue weighted by Gasteiger charge is 2.63. The minimum atomic E-state index is -0.542. The molecule has 3 aliphatic carbocycles. The van der Waals surface area contributed by atoms with Gasteiger partial charge in [0.15, 0.2) is 12.1 Å². The maximum absolute atomic E-state index is 15.2. The quantitative estimate of drug-likeness (QED) is 0.322. The van der Waals surface area contributed by atoms with Gasteiger partial charge in [0.05, 0.1) is 36.8 Å². The second-order valence-electron chi connectivity index (χ2n) is 15.8. The molecule has 2 N–H and O–H groups in total. The normalized spacial score (nSPS) is 36.1. The summed E-state index contributed by atoms with van der Waals surface area (Å²) in [4.78, 5) is 34.9. The van der Waals surface area contributed by atoms with Gasteiger partial charge in [0.2, 0.25) is 5.91 Å². The number of likely N-dealkylation sites (tertiary alicyclic amines) is 1. The second-order valence-corrected chi connectivity index (χ2v) is 15.8. The highest BCUT2D eigenvalue weighted by Crippen LogP contribution is 2.53. The van der Waals surface area contributed by atoms with Crippen molar-refractivity contribution in [3.8, 4) is 6.07 Å². The second kappa shape index (κ2) is 14.5. The number of nitrogens with one attached hydrogen (secondary N) is 2. The lowest BCUT2D eigenvalue weighted by Gasteiger charge is -2.64. The first-order valence-electron chi connectivity index (χ1n) is 19.0. The van der Waals surface area contributed by atoms with Gasteiger partial charge in [-0.2, -0.15) is 5.26 Å². The van der Waals surface area contributed by atoms with Gasteiger partial charge in [-0.15, -0.1) is 0 Å². The molecule has 3 heterocycles. The lowest BCUT2D eigenvalue weighted by atomic mass is 9.55. The summed E-state index contributed by atoms with van der Waals surface area (Å²) in [5.74, 6) is 0.231. The average Bonchev–Trinajstić information content (AvgIpc) is 3.33. The average molecular weight is 675 g/mol. The number of rotatable bonds is 7. The minimum absolute atomic E-state index is 0.0129. The number of halogens is 1. The zero-order valence-electron chi connectivity index (χ0n) is 29.3. The molecule has 9 nitrogen and oxygen atoms in total. The molecule has 1 amide bonds. The number of ketones is 1. The minimum Gasteiger partial charge on any atom is -0.348 e. The van der Waals surface area contributed by atoms with Gasteiger partial charge < -0.3 is 14.5 Å². The van der Waals surface area contributed by atoms with Gasteiger partial charge in [0, 0.05) is 37.0 Å². The largest absolute Gasteiger partial charge is 0.348 e.